The van der Waals surface area contributed by atoms with Crippen LogP contribution in [0.3, 0.4) is 0 Å². The van der Waals surface area contributed by atoms with Crippen molar-refractivity contribution in [2.45, 2.75) is 20.8 Å². The van der Waals surface area contributed by atoms with E-state index >= 15 is 0 Å². The minimum Gasteiger partial charge on any atom is -0.482 e. The SMILES string of the molecule is CC(C)(C)C(=O)Nc1cccc(OCC(=O)Oc2ccc([N+](=O)[O-])cc2)c1. The van der Waals surface area contributed by atoms with Crippen LogP contribution < -0.4 is 14.8 Å². The first-order valence-corrected chi connectivity index (χ1v) is 8.14. The summed E-state index contributed by atoms with van der Waals surface area (Å²) < 4.78 is 10.4. The van der Waals surface area contributed by atoms with Gasteiger partial charge in [0.2, 0.25) is 5.91 Å². The first kappa shape index (κ1) is 19.9. The minimum atomic E-state index is -0.659. The number of hydrogen-bond acceptors (Lipinski definition) is 6. The van der Waals surface area contributed by atoms with E-state index < -0.39 is 16.3 Å². The van der Waals surface area contributed by atoms with E-state index in [0.717, 1.165) is 0 Å². The Hall–Kier alpha value is -3.42. The molecule has 0 heterocycles. The molecule has 0 aliphatic carbocycles. The van der Waals surface area contributed by atoms with Crippen molar-refractivity contribution in [1.82, 2.24) is 0 Å². The predicted molar refractivity (Wildman–Crippen MR) is 98.8 cm³/mol. The molecule has 27 heavy (non-hydrogen) atoms. The Balaban J connectivity index is 1.90. The third kappa shape index (κ3) is 6.10. The average Bonchev–Trinajstić information content (AvgIpc) is 2.60. The molecule has 0 saturated heterocycles. The molecule has 2 aromatic carbocycles. The normalized spacial score (nSPS) is 10.8. The number of nitro benzene ring substituents is 1. The Morgan fingerprint density at radius 2 is 1.74 bits per heavy atom. The maximum Gasteiger partial charge on any atom is 0.349 e. The first-order valence-electron chi connectivity index (χ1n) is 8.14. The highest BCUT2D eigenvalue weighted by Gasteiger charge is 2.21. The Labute approximate surface area is 156 Å². The van der Waals surface area contributed by atoms with Crippen molar-refractivity contribution in [3.63, 3.8) is 0 Å². The fraction of sp³-hybridized carbons (Fsp3) is 0.263. The molecule has 0 saturated carbocycles. The average molecular weight is 372 g/mol. The van der Waals surface area contributed by atoms with E-state index in [4.69, 9.17) is 9.47 Å². The molecular weight excluding hydrogens is 352 g/mol. The number of ether oxygens (including phenoxy) is 2. The lowest BCUT2D eigenvalue weighted by molar-refractivity contribution is -0.384. The quantitative estimate of drug-likeness (QED) is 0.359. The molecule has 0 radical (unpaired) electrons. The highest BCUT2D eigenvalue weighted by Crippen LogP contribution is 2.21. The number of nitrogens with zero attached hydrogens (tertiary/aromatic N) is 1. The van der Waals surface area contributed by atoms with Crippen LogP contribution in [0.2, 0.25) is 0 Å². The summed E-state index contributed by atoms with van der Waals surface area (Å²) in [5.74, 6) is -0.229. The number of carbonyl (C=O) groups excluding carboxylic acids is 2. The summed E-state index contributed by atoms with van der Waals surface area (Å²) in [5, 5.41) is 13.4. The Morgan fingerprint density at radius 3 is 2.33 bits per heavy atom. The summed E-state index contributed by atoms with van der Waals surface area (Å²) in [5.41, 5.74) is -0.0814. The van der Waals surface area contributed by atoms with Gasteiger partial charge in [0, 0.05) is 29.3 Å². The predicted octanol–water partition coefficient (Wildman–Crippen LogP) is 3.56. The summed E-state index contributed by atoms with van der Waals surface area (Å²) >= 11 is 0. The van der Waals surface area contributed by atoms with Gasteiger partial charge in [-0.25, -0.2) is 4.79 Å². The second-order valence-electron chi connectivity index (χ2n) is 6.75. The zero-order valence-electron chi connectivity index (χ0n) is 15.2. The Kier molecular flexibility index (Phi) is 6.12. The van der Waals surface area contributed by atoms with E-state index in [1.807, 2.05) is 0 Å². The number of non-ortho nitro benzene ring substituents is 1. The summed E-state index contributed by atoms with van der Waals surface area (Å²) in [6.45, 7) is 5.05. The molecule has 8 heteroatoms. The van der Waals surface area contributed by atoms with Crippen LogP contribution in [0.15, 0.2) is 48.5 Å². The molecule has 0 aromatic heterocycles. The van der Waals surface area contributed by atoms with Gasteiger partial charge in [-0.05, 0) is 24.3 Å². The van der Waals surface area contributed by atoms with E-state index in [1.165, 1.54) is 24.3 Å². The number of esters is 1. The summed E-state index contributed by atoms with van der Waals surface area (Å²) in [7, 11) is 0. The third-order valence-corrected chi connectivity index (χ3v) is 3.41. The topological polar surface area (TPSA) is 108 Å². The Morgan fingerprint density at radius 1 is 1.07 bits per heavy atom. The van der Waals surface area contributed by atoms with Crippen molar-refractivity contribution < 1.29 is 24.0 Å². The van der Waals surface area contributed by atoms with Crippen molar-refractivity contribution in [3.05, 3.63) is 58.6 Å². The van der Waals surface area contributed by atoms with Crippen molar-refractivity contribution in [2.75, 3.05) is 11.9 Å². The third-order valence-electron chi connectivity index (χ3n) is 3.41. The molecular formula is C19H20N2O6. The van der Waals surface area contributed by atoms with E-state index in [9.17, 15) is 19.7 Å². The van der Waals surface area contributed by atoms with Crippen molar-refractivity contribution in [3.8, 4) is 11.5 Å². The van der Waals surface area contributed by atoms with Gasteiger partial charge >= 0.3 is 5.97 Å². The van der Waals surface area contributed by atoms with Gasteiger partial charge in [0.15, 0.2) is 6.61 Å². The zero-order chi connectivity index (χ0) is 20.0. The van der Waals surface area contributed by atoms with Crippen LogP contribution in [0, 0.1) is 15.5 Å². The second-order valence-corrected chi connectivity index (χ2v) is 6.75. The lowest BCUT2D eigenvalue weighted by Crippen LogP contribution is -2.27. The summed E-state index contributed by atoms with van der Waals surface area (Å²) in [4.78, 5) is 33.9. The Bertz CT molecular complexity index is 840. The van der Waals surface area contributed by atoms with Crippen molar-refractivity contribution in [2.24, 2.45) is 5.41 Å². The number of anilines is 1. The molecule has 0 spiro atoms. The standard InChI is InChI=1S/C19H20N2O6/c1-19(2,3)18(23)20-13-5-4-6-16(11-13)26-12-17(22)27-15-9-7-14(8-10-15)21(24)25/h4-11H,12H2,1-3H3,(H,20,23). The van der Waals surface area contributed by atoms with Crippen LogP contribution in [0.5, 0.6) is 11.5 Å². The monoisotopic (exact) mass is 372 g/mol. The van der Waals surface area contributed by atoms with Crippen LogP contribution in [0.4, 0.5) is 11.4 Å². The maximum atomic E-state index is 12.0. The highest BCUT2D eigenvalue weighted by molar-refractivity contribution is 5.94. The van der Waals surface area contributed by atoms with Gasteiger partial charge in [-0.2, -0.15) is 0 Å². The fourth-order valence-electron chi connectivity index (χ4n) is 1.92. The van der Waals surface area contributed by atoms with Crippen LogP contribution >= 0.6 is 0 Å². The van der Waals surface area contributed by atoms with Gasteiger partial charge in [0.05, 0.1) is 4.92 Å². The van der Waals surface area contributed by atoms with Crippen LogP contribution in [0.25, 0.3) is 0 Å². The smallest absolute Gasteiger partial charge is 0.349 e. The molecule has 2 rings (SSSR count). The molecule has 0 aliphatic rings. The maximum absolute atomic E-state index is 12.0. The van der Waals surface area contributed by atoms with Gasteiger partial charge in [0.1, 0.15) is 11.5 Å². The number of nitro groups is 1. The first-order chi connectivity index (χ1) is 12.6. The van der Waals surface area contributed by atoms with Crippen molar-refractivity contribution >= 4 is 23.3 Å². The number of hydrogen-bond donors (Lipinski definition) is 1. The van der Waals surface area contributed by atoms with E-state index in [2.05, 4.69) is 5.32 Å². The molecule has 142 valence electrons. The molecule has 0 bridgehead atoms. The van der Waals surface area contributed by atoms with Crippen LogP contribution in [-0.4, -0.2) is 23.4 Å². The molecule has 1 amide bonds. The lowest BCUT2D eigenvalue weighted by atomic mass is 9.95. The van der Waals surface area contributed by atoms with Gasteiger partial charge in [-0.3, -0.25) is 14.9 Å². The van der Waals surface area contributed by atoms with Gasteiger partial charge in [-0.15, -0.1) is 0 Å². The molecule has 1 N–H and O–H groups in total. The molecule has 0 fully saturated rings. The minimum absolute atomic E-state index is 0.0971. The van der Waals surface area contributed by atoms with E-state index in [0.29, 0.717) is 11.4 Å². The largest absolute Gasteiger partial charge is 0.482 e. The molecule has 0 aliphatic heterocycles. The van der Waals surface area contributed by atoms with Gasteiger partial charge < -0.3 is 14.8 Å². The summed E-state index contributed by atoms with van der Waals surface area (Å²) in [6.07, 6.45) is 0. The lowest BCUT2D eigenvalue weighted by Gasteiger charge is -2.18. The van der Waals surface area contributed by atoms with E-state index in [-0.39, 0.29) is 24.0 Å². The molecule has 0 unspecified atom stereocenters. The molecule has 8 nitrogen and oxygen atoms in total. The van der Waals surface area contributed by atoms with E-state index in [1.54, 1.807) is 45.0 Å². The van der Waals surface area contributed by atoms with Crippen LogP contribution in [0.1, 0.15) is 20.8 Å². The van der Waals surface area contributed by atoms with Gasteiger partial charge in [-0.1, -0.05) is 26.8 Å². The highest BCUT2D eigenvalue weighted by atomic mass is 16.6. The number of amides is 1. The molecule has 2 aromatic rings. The number of nitrogens with one attached hydrogen (secondary N) is 1. The summed E-state index contributed by atoms with van der Waals surface area (Å²) in [6, 6.07) is 11.8. The zero-order valence-corrected chi connectivity index (χ0v) is 15.2. The number of benzene rings is 2. The second kappa shape index (κ2) is 8.31. The number of carbonyl (C=O) groups is 2. The van der Waals surface area contributed by atoms with Gasteiger partial charge in [0.25, 0.3) is 5.69 Å². The molecule has 0 atom stereocenters. The number of rotatable bonds is 6. The van der Waals surface area contributed by atoms with Crippen molar-refractivity contribution in [1.29, 1.82) is 0 Å². The van der Waals surface area contributed by atoms with Crippen LogP contribution in [-0.2, 0) is 9.59 Å². The fourth-order valence-corrected chi connectivity index (χ4v) is 1.92.